The summed E-state index contributed by atoms with van der Waals surface area (Å²) in [6.07, 6.45) is 0. The van der Waals surface area contributed by atoms with Gasteiger partial charge in [0.05, 0.1) is 0 Å². The van der Waals surface area contributed by atoms with Gasteiger partial charge in [-0.25, -0.2) is 0 Å². The minimum atomic E-state index is -1.23. The van der Waals surface area contributed by atoms with Gasteiger partial charge in [-0.1, -0.05) is 63.8 Å². The summed E-state index contributed by atoms with van der Waals surface area (Å²) in [7, 11) is -1.23. The van der Waals surface area contributed by atoms with E-state index in [1.54, 1.807) is 0 Å². The Balaban J connectivity index is 2.75. The number of benzene rings is 1. The quantitative estimate of drug-likeness (QED) is 0.525. The third kappa shape index (κ3) is 4.24. The zero-order chi connectivity index (χ0) is 12.2. The fraction of sp³-hybridized carbons (Fsp3) is 0.467. The van der Waals surface area contributed by atoms with Gasteiger partial charge in [0.25, 0.3) is 0 Å². The molecule has 0 aliphatic rings. The first-order valence-electron chi connectivity index (χ1n) is 5.98. The Bertz CT molecular complexity index is 375. The lowest BCUT2D eigenvalue weighted by atomic mass is 9.90. The minimum absolute atomic E-state index is 0.439. The molecule has 0 radical (unpaired) electrons. The Hall–Kier alpha value is -1.00. The van der Waals surface area contributed by atoms with E-state index in [0.717, 1.165) is 0 Å². The highest BCUT2D eigenvalue weighted by Gasteiger charge is 2.13. The first kappa shape index (κ1) is 13.1. The SMILES string of the molecule is C[C@H](c1ccccc1)[C@@H](C)C#C[Si](C)(C)C. The molecule has 0 aliphatic heterocycles. The van der Waals surface area contributed by atoms with Crippen molar-refractivity contribution in [3.8, 4) is 11.5 Å². The van der Waals surface area contributed by atoms with E-state index in [-0.39, 0.29) is 0 Å². The van der Waals surface area contributed by atoms with E-state index in [4.69, 9.17) is 0 Å². The average molecular weight is 230 g/mol. The molecule has 0 fully saturated rings. The molecule has 0 aliphatic carbocycles. The molecule has 0 nitrogen and oxygen atoms in total. The predicted molar refractivity (Wildman–Crippen MR) is 75.1 cm³/mol. The zero-order valence-corrected chi connectivity index (χ0v) is 12.0. The van der Waals surface area contributed by atoms with Crippen LogP contribution in [0.25, 0.3) is 0 Å². The number of hydrogen-bond donors (Lipinski definition) is 0. The van der Waals surface area contributed by atoms with Gasteiger partial charge in [-0.15, -0.1) is 11.5 Å². The van der Waals surface area contributed by atoms with Gasteiger partial charge in [-0.05, 0) is 11.5 Å². The first-order valence-corrected chi connectivity index (χ1v) is 9.48. The summed E-state index contributed by atoms with van der Waals surface area (Å²) in [5.74, 6) is 4.39. The fourth-order valence-corrected chi connectivity index (χ4v) is 2.16. The molecule has 0 N–H and O–H groups in total. The maximum Gasteiger partial charge on any atom is 0.129 e. The molecule has 0 saturated carbocycles. The molecule has 0 aromatic heterocycles. The van der Waals surface area contributed by atoms with Crippen molar-refractivity contribution < 1.29 is 0 Å². The average Bonchev–Trinajstić information content (AvgIpc) is 2.25. The Morgan fingerprint density at radius 3 is 2.06 bits per heavy atom. The molecule has 2 atom stereocenters. The van der Waals surface area contributed by atoms with Crippen molar-refractivity contribution in [2.75, 3.05) is 0 Å². The second kappa shape index (κ2) is 5.36. The van der Waals surface area contributed by atoms with Gasteiger partial charge in [-0.3, -0.25) is 0 Å². The fourth-order valence-electron chi connectivity index (χ4n) is 1.50. The van der Waals surface area contributed by atoms with Crippen molar-refractivity contribution in [1.29, 1.82) is 0 Å². The van der Waals surface area contributed by atoms with Crippen LogP contribution < -0.4 is 0 Å². The van der Waals surface area contributed by atoms with E-state index in [0.29, 0.717) is 11.8 Å². The normalized spacial score (nSPS) is 14.8. The van der Waals surface area contributed by atoms with Gasteiger partial charge in [0.2, 0.25) is 0 Å². The molecule has 0 bridgehead atoms. The third-order valence-corrected chi connectivity index (χ3v) is 3.64. The van der Waals surface area contributed by atoms with E-state index in [1.807, 2.05) is 0 Å². The Morgan fingerprint density at radius 1 is 1.00 bits per heavy atom. The van der Waals surface area contributed by atoms with E-state index >= 15 is 0 Å². The lowest BCUT2D eigenvalue weighted by Gasteiger charge is -2.16. The number of rotatable bonds is 2. The summed E-state index contributed by atoms with van der Waals surface area (Å²) >= 11 is 0. The van der Waals surface area contributed by atoms with E-state index in [2.05, 4.69) is 75.3 Å². The van der Waals surface area contributed by atoms with Gasteiger partial charge in [-0.2, -0.15) is 0 Å². The molecule has 0 spiro atoms. The molecule has 1 aromatic carbocycles. The zero-order valence-electron chi connectivity index (χ0n) is 11.0. The Morgan fingerprint density at radius 2 is 1.56 bits per heavy atom. The monoisotopic (exact) mass is 230 g/mol. The van der Waals surface area contributed by atoms with Crippen molar-refractivity contribution >= 4 is 8.07 Å². The van der Waals surface area contributed by atoms with Crippen molar-refractivity contribution in [3.05, 3.63) is 35.9 Å². The number of hydrogen-bond acceptors (Lipinski definition) is 0. The lowest BCUT2D eigenvalue weighted by Crippen LogP contribution is -2.17. The van der Waals surface area contributed by atoms with Crippen LogP contribution in [0.4, 0.5) is 0 Å². The van der Waals surface area contributed by atoms with Crippen LogP contribution in [-0.4, -0.2) is 8.07 Å². The topological polar surface area (TPSA) is 0 Å². The molecule has 0 heterocycles. The first-order chi connectivity index (χ1) is 7.40. The summed E-state index contributed by atoms with van der Waals surface area (Å²) in [5.41, 5.74) is 4.85. The largest absolute Gasteiger partial charge is 0.132 e. The highest BCUT2D eigenvalue weighted by Crippen LogP contribution is 2.23. The molecule has 0 saturated heterocycles. The van der Waals surface area contributed by atoms with Crippen LogP contribution in [-0.2, 0) is 0 Å². The highest BCUT2D eigenvalue weighted by atomic mass is 28.3. The van der Waals surface area contributed by atoms with Gasteiger partial charge in [0.1, 0.15) is 8.07 Å². The van der Waals surface area contributed by atoms with Gasteiger partial charge in [0.15, 0.2) is 0 Å². The minimum Gasteiger partial charge on any atom is -0.132 e. The van der Waals surface area contributed by atoms with Crippen molar-refractivity contribution in [3.63, 3.8) is 0 Å². The Kier molecular flexibility index (Phi) is 4.38. The van der Waals surface area contributed by atoms with Crippen molar-refractivity contribution in [1.82, 2.24) is 0 Å². The van der Waals surface area contributed by atoms with Crippen molar-refractivity contribution in [2.24, 2.45) is 5.92 Å². The second-order valence-electron chi connectivity index (χ2n) is 5.51. The summed E-state index contributed by atoms with van der Waals surface area (Å²) in [5, 5.41) is 0. The van der Waals surface area contributed by atoms with Crippen LogP contribution in [0.3, 0.4) is 0 Å². The van der Waals surface area contributed by atoms with Crippen LogP contribution in [0.5, 0.6) is 0 Å². The lowest BCUT2D eigenvalue weighted by molar-refractivity contribution is 0.610. The maximum absolute atomic E-state index is 3.46. The molecule has 0 unspecified atom stereocenters. The molecule has 1 rings (SSSR count). The maximum atomic E-state index is 3.46. The molecule has 0 amide bonds. The van der Waals surface area contributed by atoms with Crippen LogP contribution in [0.1, 0.15) is 25.3 Å². The molecular weight excluding hydrogens is 208 g/mol. The van der Waals surface area contributed by atoms with E-state index in [9.17, 15) is 0 Å². The summed E-state index contributed by atoms with van der Waals surface area (Å²) in [6, 6.07) is 10.7. The van der Waals surface area contributed by atoms with Crippen LogP contribution >= 0.6 is 0 Å². The highest BCUT2D eigenvalue weighted by molar-refractivity contribution is 6.83. The van der Waals surface area contributed by atoms with Gasteiger partial charge >= 0.3 is 0 Å². The van der Waals surface area contributed by atoms with Gasteiger partial charge in [0, 0.05) is 5.92 Å². The smallest absolute Gasteiger partial charge is 0.129 e. The van der Waals surface area contributed by atoms with Gasteiger partial charge < -0.3 is 0 Å². The predicted octanol–water partition coefficient (Wildman–Crippen LogP) is 4.31. The third-order valence-electron chi connectivity index (χ3n) is 2.75. The van der Waals surface area contributed by atoms with E-state index < -0.39 is 8.07 Å². The molecular formula is C15H22Si. The molecule has 16 heavy (non-hydrogen) atoms. The second-order valence-corrected chi connectivity index (χ2v) is 10.3. The standard InChI is InChI=1S/C15H22Si/c1-13(11-12-16(3,4)5)14(2)15-9-7-6-8-10-15/h6-10,13-14H,1-5H3/t13-,14-/m0/s1. The summed E-state index contributed by atoms with van der Waals surface area (Å²) in [4.78, 5) is 0. The van der Waals surface area contributed by atoms with E-state index in [1.165, 1.54) is 5.56 Å². The summed E-state index contributed by atoms with van der Waals surface area (Å²) in [6.45, 7) is 11.4. The van der Waals surface area contributed by atoms with Crippen LogP contribution in [0.2, 0.25) is 19.6 Å². The molecule has 1 heteroatoms. The van der Waals surface area contributed by atoms with Crippen molar-refractivity contribution in [2.45, 2.75) is 39.4 Å². The Labute approximate surface area is 101 Å². The molecule has 86 valence electrons. The summed E-state index contributed by atoms with van der Waals surface area (Å²) < 4.78 is 0. The van der Waals surface area contributed by atoms with Crippen LogP contribution in [0.15, 0.2) is 30.3 Å². The van der Waals surface area contributed by atoms with Crippen LogP contribution in [0, 0.1) is 17.4 Å². The molecule has 1 aromatic rings.